The van der Waals surface area contributed by atoms with E-state index in [0.717, 1.165) is 75.9 Å². The molecule has 3 fully saturated rings. The van der Waals surface area contributed by atoms with Crippen molar-refractivity contribution < 1.29 is 32.6 Å². The summed E-state index contributed by atoms with van der Waals surface area (Å²) in [7, 11) is -3.27. The highest BCUT2D eigenvalue weighted by atomic mass is 32.2. The number of benzene rings is 1. The lowest BCUT2D eigenvalue weighted by Gasteiger charge is -2.36. The van der Waals surface area contributed by atoms with E-state index in [9.17, 15) is 23.1 Å². The Kier molecular flexibility index (Phi) is 8.84. The van der Waals surface area contributed by atoms with Gasteiger partial charge in [-0.05, 0) is 67.0 Å². The summed E-state index contributed by atoms with van der Waals surface area (Å²) in [6.45, 7) is 3.22. The van der Waals surface area contributed by atoms with Crippen LogP contribution < -0.4 is 19.9 Å². The normalized spacial score (nSPS) is 20.7. The summed E-state index contributed by atoms with van der Waals surface area (Å²) in [5.74, 6) is 0.211. The van der Waals surface area contributed by atoms with E-state index >= 15 is 0 Å². The van der Waals surface area contributed by atoms with Crippen LogP contribution in [-0.2, 0) is 31.0 Å². The van der Waals surface area contributed by atoms with Crippen LogP contribution in [0.1, 0.15) is 74.0 Å². The maximum Gasteiger partial charge on any atom is 0.342 e. The third kappa shape index (κ3) is 6.06. The standard InChI is InChI=1S/C37H42N4O7S2/c1-50(45,46)39-18-16-38(17-19-39)28-11-10-27(40-15-5-8-32(40)42)20-26(28)22-48-33-14-12-29-34(24-6-3-2-4-7-24)35-30(41(29)33)23-47-21-25-9-13-31(37(43)44)49-36(25)35/h10-14,20,23-24H,2-9,15-19,21-22H2,1H3,(H,43,44). The molecule has 1 N–H and O–H groups in total. The van der Waals surface area contributed by atoms with Crippen LogP contribution in [0.5, 0.6) is 5.88 Å². The van der Waals surface area contributed by atoms with E-state index in [-0.39, 0.29) is 12.5 Å². The Morgan fingerprint density at radius 2 is 1.84 bits per heavy atom. The number of hydrogen-bond donors (Lipinski definition) is 1. The van der Waals surface area contributed by atoms with Crippen molar-refractivity contribution in [2.45, 2.75) is 63.9 Å². The molecule has 1 amide bonds. The Hall–Kier alpha value is -3.94. The number of carboxylic acids is 1. The second kappa shape index (κ2) is 13.3. The highest BCUT2D eigenvalue weighted by Gasteiger charge is 2.33. The van der Waals surface area contributed by atoms with Gasteiger partial charge < -0.3 is 24.4 Å². The molecule has 264 valence electrons. The highest BCUT2D eigenvalue weighted by molar-refractivity contribution is 8.12. The topological polar surface area (TPSA) is 121 Å². The van der Waals surface area contributed by atoms with Gasteiger partial charge in [0.05, 0.1) is 22.0 Å². The van der Waals surface area contributed by atoms with Crippen LogP contribution >= 0.6 is 11.8 Å². The summed E-state index contributed by atoms with van der Waals surface area (Å²) in [6.07, 6.45) is 12.5. The molecule has 0 bridgehead atoms. The van der Waals surface area contributed by atoms with Crippen molar-refractivity contribution in [1.82, 2.24) is 8.71 Å². The number of carbonyl (C=O) groups is 2. The Morgan fingerprint density at radius 1 is 1.04 bits per heavy atom. The van der Waals surface area contributed by atoms with Gasteiger partial charge in [0.15, 0.2) is 5.88 Å². The first kappa shape index (κ1) is 33.2. The molecule has 5 aliphatic rings. The molecule has 0 atom stereocenters. The predicted octanol–water partition coefficient (Wildman–Crippen LogP) is 5.08. The number of allylic oxidation sites excluding steroid dienone is 1. The predicted molar refractivity (Wildman–Crippen MR) is 195 cm³/mol. The van der Waals surface area contributed by atoms with Crippen LogP contribution in [0.25, 0.3) is 16.7 Å². The first-order chi connectivity index (χ1) is 24.2. The number of aromatic nitrogens is 1. The molecule has 0 spiro atoms. The van der Waals surface area contributed by atoms with Crippen LogP contribution in [0.4, 0.5) is 11.4 Å². The zero-order valence-electron chi connectivity index (χ0n) is 28.2. The quantitative estimate of drug-likeness (QED) is 0.340. The Labute approximate surface area is 296 Å². The van der Waals surface area contributed by atoms with Crippen molar-refractivity contribution in [3.05, 3.63) is 68.9 Å². The molecule has 1 aliphatic carbocycles. The first-order valence-corrected chi connectivity index (χ1v) is 20.2. The van der Waals surface area contributed by atoms with Crippen LogP contribution in [-0.4, -0.2) is 79.7 Å². The van der Waals surface area contributed by atoms with Gasteiger partial charge in [-0.15, -0.1) is 0 Å². The lowest BCUT2D eigenvalue weighted by molar-refractivity contribution is -0.131. The van der Waals surface area contributed by atoms with Crippen molar-refractivity contribution in [3.8, 4) is 5.88 Å². The molecule has 50 heavy (non-hydrogen) atoms. The van der Waals surface area contributed by atoms with Crippen molar-refractivity contribution in [2.75, 3.05) is 55.4 Å². The summed E-state index contributed by atoms with van der Waals surface area (Å²) < 4.78 is 40.9. The van der Waals surface area contributed by atoms with Gasteiger partial charge in [0.1, 0.15) is 19.5 Å². The third-order valence-electron chi connectivity index (χ3n) is 10.7. The molecule has 0 unspecified atom stereocenters. The molecule has 2 saturated heterocycles. The van der Waals surface area contributed by atoms with E-state index in [2.05, 4.69) is 15.4 Å². The highest BCUT2D eigenvalue weighted by Crippen LogP contribution is 2.47. The van der Waals surface area contributed by atoms with Crippen molar-refractivity contribution >= 4 is 61.7 Å². The molecular weight excluding hydrogens is 677 g/mol. The summed E-state index contributed by atoms with van der Waals surface area (Å²) in [5, 5.41) is 10.8. The number of sulfonamides is 1. The van der Waals surface area contributed by atoms with Gasteiger partial charge in [0, 0.05) is 72.6 Å². The fourth-order valence-electron chi connectivity index (χ4n) is 8.26. The molecule has 11 nitrogen and oxygen atoms in total. The number of thioether (sulfide) groups is 1. The van der Waals surface area contributed by atoms with E-state index in [1.54, 1.807) is 6.08 Å². The minimum absolute atomic E-state index is 0.111. The SMILES string of the molecule is CS(=O)(=O)N1CCN(c2ccc(N3CCCC3=O)cc2COc2ccc3c(C4CCCCC4)c4c(n23)=COCC2=C4SC(C(=O)O)=CC2)CC1. The maximum absolute atomic E-state index is 12.7. The van der Waals surface area contributed by atoms with Crippen molar-refractivity contribution in [1.29, 1.82) is 0 Å². The van der Waals surface area contributed by atoms with E-state index in [0.29, 0.717) is 68.9 Å². The monoisotopic (exact) mass is 718 g/mol. The smallest absolute Gasteiger partial charge is 0.342 e. The maximum atomic E-state index is 12.7. The summed E-state index contributed by atoms with van der Waals surface area (Å²) in [5.41, 5.74) is 7.19. The summed E-state index contributed by atoms with van der Waals surface area (Å²) in [6, 6.07) is 10.2. The van der Waals surface area contributed by atoms with Crippen LogP contribution in [0.3, 0.4) is 0 Å². The Morgan fingerprint density at radius 3 is 2.56 bits per heavy atom. The minimum atomic E-state index is -3.27. The van der Waals surface area contributed by atoms with Crippen molar-refractivity contribution in [3.63, 3.8) is 0 Å². The van der Waals surface area contributed by atoms with Gasteiger partial charge in [-0.3, -0.25) is 9.20 Å². The fraction of sp³-hybridized carbons (Fsp3) is 0.459. The number of fused-ring (bicyclic) bond motifs is 4. The number of carbonyl (C=O) groups excluding carboxylic acids is 1. The van der Waals surface area contributed by atoms with Crippen LogP contribution in [0.15, 0.2) is 46.9 Å². The van der Waals surface area contributed by atoms with Gasteiger partial charge in [-0.1, -0.05) is 37.1 Å². The van der Waals surface area contributed by atoms with Crippen LogP contribution in [0.2, 0.25) is 0 Å². The lowest BCUT2D eigenvalue weighted by Crippen LogP contribution is -2.48. The lowest BCUT2D eigenvalue weighted by atomic mass is 9.82. The largest absolute Gasteiger partial charge is 0.495 e. The number of nitrogens with zero attached hydrogens (tertiary/aromatic N) is 4. The fourth-order valence-corrected chi connectivity index (χ4v) is 10.2. The first-order valence-electron chi connectivity index (χ1n) is 17.6. The molecule has 8 rings (SSSR count). The van der Waals surface area contributed by atoms with Gasteiger partial charge >= 0.3 is 5.97 Å². The Bertz CT molecular complexity index is 2090. The van der Waals surface area contributed by atoms with E-state index in [4.69, 9.17) is 9.47 Å². The number of anilines is 2. The zero-order chi connectivity index (χ0) is 34.6. The molecule has 0 radical (unpaired) electrons. The minimum Gasteiger partial charge on any atom is -0.495 e. The van der Waals surface area contributed by atoms with E-state index in [1.807, 2.05) is 35.4 Å². The average molecular weight is 719 g/mol. The van der Waals surface area contributed by atoms with Gasteiger partial charge in [-0.25, -0.2) is 13.2 Å². The van der Waals surface area contributed by atoms with E-state index < -0.39 is 16.0 Å². The number of amides is 1. The number of aliphatic carboxylic acids is 1. The van der Waals surface area contributed by atoms with Crippen molar-refractivity contribution in [2.24, 2.45) is 0 Å². The number of piperazine rings is 1. The summed E-state index contributed by atoms with van der Waals surface area (Å²) in [4.78, 5) is 30.2. The molecule has 1 saturated carbocycles. The number of carboxylic acid groups (broad SMARTS) is 1. The molecule has 6 heterocycles. The number of rotatable bonds is 8. The second-order valence-electron chi connectivity index (χ2n) is 13.8. The zero-order valence-corrected chi connectivity index (χ0v) is 29.9. The van der Waals surface area contributed by atoms with Crippen LogP contribution in [0, 0.1) is 0 Å². The number of hydrogen-bond acceptors (Lipinski definition) is 8. The molecule has 2 aromatic heterocycles. The Balaban J connectivity index is 1.18. The van der Waals surface area contributed by atoms with E-state index in [1.165, 1.54) is 34.3 Å². The third-order valence-corrected chi connectivity index (χ3v) is 13.3. The molecular formula is C37H42N4O7S2. The average Bonchev–Trinajstić information content (AvgIpc) is 3.78. The molecule has 13 heteroatoms. The molecule has 1 aromatic carbocycles. The molecule has 4 aliphatic heterocycles. The second-order valence-corrected chi connectivity index (χ2v) is 16.9. The van der Waals surface area contributed by atoms with Gasteiger partial charge in [0.2, 0.25) is 15.9 Å². The molecule has 3 aromatic rings. The summed E-state index contributed by atoms with van der Waals surface area (Å²) >= 11 is 1.33. The number of ether oxygens (including phenoxy) is 2. The van der Waals surface area contributed by atoms with Gasteiger partial charge in [-0.2, -0.15) is 4.31 Å². The van der Waals surface area contributed by atoms with Gasteiger partial charge in [0.25, 0.3) is 0 Å².